The lowest BCUT2D eigenvalue weighted by atomic mass is 10.1. The minimum Gasteiger partial charge on any atom is -0.481 e. The Morgan fingerprint density at radius 1 is 1.00 bits per heavy atom. The van der Waals surface area contributed by atoms with Crippen molar-refractivity contribution in [2.75, 3.05) is 0 Å². The first-order valence-electron chi connectivity index (χ1n) is 9.06. The van der Waals surface area contributed by atoms with E-state index in [9.17, 15) is 13.6 Å². The van der Waals surface area contributed by atoms with E-state index < -0.39 is 17.0 Å². The van der Waals surface area contributed by atoms with Crippen LogP contribution in [0.4, 0.5) is 0 Å². The molecule has 0 radical (unpaired) electrons. The van der Waals surface area contributed by atoms with Crippen molar-refractivity contribution in [3.63, 3.8) is 0 Å². The zero-order valence-corrected chi connectivity index (χ0v) is 15.4. The highest BCUT2D eigenvalue weighted by molar-refractivity contribution is 7.80. The Balaban J connectivity index is 3.65. The Morgan fingerprint density at radius 3 is 2.26 bits per heavy atom. The lowest BCUT2D eigenvalue weighted by Gasteiger charge is -2.08. The molecule has 2 atom stereocenters. The van der Waals surface area contributed by atoms with Gasteiger partial charge in [0.25, 0.3) is 0 Å². The molecule has 0 rings (SSSR count). The average Bonchev–Trinajstić information content (AvgIpc) is 2.50. The fraction of sp³-hybridized carbons (Fsp3) is 0.833. The van der Waals surface area contributed by atoms with Gasteiger partial charge in [-0.1, -0.05) is 70.4 Å². The summed E-state index contributed by atoms with van der Waals surface area (Å²) in [6.45, 7) is 2.18. The molecule has 2 N–H and O–H groups in total. The Hall–Kier alpha value is -0.680. The molecule has 0 heterocycles. The number of carbonyl (C=O) groups is 1. The summed E-state index contributed by atoms with van der Waals surface area (Å²) >= 11 is -1.77. The van der Waals surface area contributed by atoms with Crippen molar-refractivity contribution in [2.45, 2.75) is 95.6 Å². The largest absolute Gasteiger partial charge is 0.481 e. The van der Waals surface area contributed by atoms with Gasteiger partial charge in [-0.2, -0.15) is 0 Å². The van der Waals surface area contributed by atoms with Crippen LogP contribution < -0.4 is 0 Å². The number of hydrogen-bond donors (Lipinski definition) is 2. The van der Waals surface area contributed by atoms with Crippen LogP contribution >= 0.6 is 0 Å². The first kappa shape index (κ1) is 22.3. The molecule has 0 spiro atoms. The summed E-state index contributed by atoms with van der Waals surface area (Å²) in [5.74, 6) is -0.717. The number of carboxylic acids is 1. The van der Waals surface area contributed by atoms with Crippen LogP contribution in [0.15, 0.2) is 12.2 Å². The third-order valence-corrected chi connectivity index (χ3v) is 4.87. The summed E-state index contributed by atoms with van der Waals surface area (Å²) in [5.41, 5.74) is 0. The van der Waals surface area contributed by atoms with E-state index in [2.05, 4.69) is 6.92 Å². The molecule has 0 aliphatic rings. The highest BCUT2D eigenvalue weighted by Crippen LogP contribution is 2.13. The Labute approximate surface area is 144 Å². The van der Waals surface area contributed by atoms with Crippen molar-refractivity contribution in [1.29, 1.82) is 0 Å². The van der Waals surface area contributed by atoms with Crippen molar-refractivity contribution in [1.82, 2.24) is 0 Å². The third-order valence-electron chi connectivity index (χ3n) is 3.96. The molecule has 0 aromatic carbocycles. The van der Waals surface area contributed by atoms with E-state index in [0.29, 0.717) is 0 Å². The fourth-order valence-corrected chi connectivity index (χ4v) is 3.14. The van der Waals surface area contributed by atoms with Crippen LogP contribution in [0.5, 0.6) is 0 Å². The van der Waals surface area contributed by atoms with Gasteiger partial charge in [0, 0.05) is 6.42 Å². The number of allylic oxidation sites excluding steroid dienone is 1. The van der Waals surface area contributed by atoms with Crippen molar-refractivity contribution < 1.29 is 18.7 Å². The zero-order chi connectivity index (χ0) is 17.3. The van der Waals surface area contributed by atoms with Gasteiger partial charge < -0.3 is 9.66 Å². The minimum atomic E-state index is -1.77. The van der Waals surface area contributed by atoms with Crippen molar-refractivity contribution in [2.24, 2.45) is 0 Å². The molecule has 0 aliphatic carbocycles. The molecule has 0 aromatic heterocycles. The highest BCUT2D eigenvalue weighted by Gasteiger charge is 2.10. The summed E-state index contributed by atoms with van der Waals surface area (Å²) in [7, 11) is 0. The highest BCUT2D eigenvalue weighted by atomic mass is 32.2. The summed E-state index contributed by atoms with van der Waals surface area (Å²) in [5, 5.41) is 8.30. The number of carboxylic acid groups (broad SMARTS) is 1. The van der Waals surface area contributed by atoms with Crippen LogP contribution in [-0.2, 0) is 15.9 Å². The lowest BCUT2D eigenvalue weighted by molar-refractivity contribution is -0.137. The van der Waals surface area contributed by atoms with Gasteiger partial charge in [0.05, 0.1) is 5.25 Å². The maximum absolute atomic E-state index is 11.3. The van der Waals surface area contributed by atoms with Gasteiger partial charge in [-0.15, -0.1) is 0 Å². The number of rotatable bonds is 16. The Kier molecular flexibility index (Phi) is 15.7. The normalized spacial score (nSPS) is 14.2. The van der Waals surface area contributed by atoms with Gasteiger partial charge in [0.1, 0.15) is 0 Å². The van der Waals surface area contributed by atoms with E-state index in [1.165, 1.54) is 19.3 Å². The first-order chi connectivity index (χ1) is 11.1. The number of unbranched alkanes of at least 4 members (excludes halogenated alkanes) is 9. The molecule has 0 amide bonds. The second-order valence-corrected chi connectivity index (χ2v) is 7.30. The molecule has 0 aliphatic heterocycles. The van der Waals surface area contributed by atoms with Crippen LogP contribution in [0.2, 0.25) is 0 Å². The van der Waals surface area contributed by atoms with E-state index in [4.69, 9.17) is 5.11 Å². The van der Waals surface area contributed by atoms with Gasteiger partial charge in [-0.25, -0.2) is 4.21 Å². The maximum atomic E-state index is 11.3. The van der Waals surface area contributed by atoms with E-state index in [1.54, 1.807) is 0 Å². The summed E-state index contributed by atoms with van der Waals surface area (Å²) < 4.78 is 20.7. The molecule has 0 saturated heterocycles. The SMILES string of the molecule is CCCCCCCC(/C=C/CCCCCCCC(=O)O)S(=O)O. The molecule has 23 heavy (non-hydrogen) atoms. The first-order valence-corrected chi connectivity index (χ1v) is 10.2. The van der Waals surface area contributed by atoms with Crippen molar-refractivity contribution in [3.8, 4) is 0 Å². The number of hydrogen-bond acceptors (Lipinski definition) is 2. The van der Waals surface area contributed by atoms with Crippen molar-refractivity contribution >= 4 is 17.0 Å². The average molecular weight is 347 g/mol. The summed E-state index contributed by atoms with van der Waals surface area (Å²) in [6, 6.07) is 0. The minimum absolute atomic E-state index is 0.229. The fourth-order valence-electron chi connectivity index (χ4n) is 2.53. The lowest BCUT2D eigenvalue weighted by Crippen LogP contribution is -2.11. The maximum Gasteiger partial charge on any atom is 0.303 e. The number of aliphatic carboxylic acids is 1. The quantitative estimate of drug-likeness (QED) is 0.226. The predicted octanol–water partition coefficient (Wildman–Crippen LogP) is 5.31. The van der Waals surface area contributed by atoms with E-state index in [0.717, 1.165) is 57.8 Å². The molecular weight excluding hydrogens is 312 g/mol. The standard InChI is InChI=1S/C18H34O4S/c1-2-3-4-8-11-14-17(23(21)22)15-12-9-6-5-7-10-13-16-18(19)20/h12,15,17H,2-11,13-14,16H2,1H3,(H,19,20)(H,21,22)/b15-12+. The van der Waals surface area contributed by atoms with Crippen LogP contribution in [0, 0.1) is 0 Å². The van der Waals surface area contributed by atoms with E-state index >= 15 is 0 Å². The molecule has 0 bridgehead atoms. The third kappa shape index (κ3) is 16.0. The van der Waals surface area contributed by atoms with Crippen LogP contribution in [0.1, 0.15) is 90.4 Å². The second-order valence-electron chi connectivity index (χ2n) is 6.15. The predicted molar refractivity (Wildman–Crippen MR) is 97.0 cm³/mol. The van der Waals surface area contributed by atoms with Crippen LogP contribution in [0.25, 0.3) is 0 Å². The topological polar surface area (TPSA) is 74.6 Å². The van der Waals surface area contributed by atoms with E-state index in [1.807, 2.05) is 12.2 Å². The zero-order valence-electron chi connectivity index (χ0n) is 14.5. The monoisotopic (exact) mass is 346 g/mol. The van der Waals surface area contributed by atoms with Gasteiger partial charge >= 0.3 is 5.97 Å². The molecule has 0 fully saturated rings. The van der Waals surface area contributed by atoms with Gasteiger partial charge in [0.2, 0.25) is 0 Å². The van der Waals surface area contributed by atoms with Gasteiger partial charge in [0.15, 0.2) is 11.1 Å². The smallest absolute Gasteiger partial charge is 0.303 e. The second kappa shape index (κ2) is 16.2. The molecule has 0 saturated carbocycles. The molecule has 0 aromatic rings. The molecule has 136 valence electrons. The van der Waals surface area contributed by atoms with Crippen LogP contribution in [-0.4, -0.2) is 25.1 Å². The summed E-state index contributed by atoms with van der Waals surface area (Å²) in [4.78, 5) is 10.4. The Morgan fingerprint density at radius 2 is 1.61 bits per heavy atom. The molecule has 5 heteroatoms. The molecular formula is C18H34O4S. The van der Waals surface area contributed by atoms with Crippen molar-refractivity contribution in [3.05, 3.63) is 12.2 Å². The Bertz CT molecular complexity index is 342. The summed E-state index contributed by atoms with van der Waals surface area (Å²) in [6.07, 6.45) is 16.7. The van der Waals surface area contributed by atoms with Gasteiger partial charge in [-0.05, 0) is 25.7 Å². The van der Waals surface area contributed by atoms with Gasteiger partial charge in [-0.3, -0.25) is 4.79 Å². The molecule has 2 unspecified atom stereocenters. The van der Waals surface area contributed by atoms with E-state index in [-0.39, 0.29) is 11.7 Å². The molecule has 4 nitrogen and oxygen atoms in total. The van der Waals surface area contributed by atoms with Crippen LogP contribution in [0.3, 0.4) is 0 Å².